The minimum atomic E-state index is 0.165. The lowest BCUT2D eigenvalue weighted by Crippen LogP contribution is -2.31. The molecule has 8 saturated carbocycles. The Kier molecular flexibility index (Phi) is 8.38. The van der Waals surface area contributed by atoms with Crippen molar-refractivity contribution >= 4 is 71.7 Å². The Morgan fingerprint density at radius 3 is 1.67 bits per heavy atom. The molecule has 17 rings (SSSR count). The Bertz CT molecular complexity index is 3390. The van der Waals surface area contributed by atoms with Crippen molar-refractivity contribution in [1.82, 2.24) is 4.98 Å². The summed E-state index contributed by atoms with van der Waals surface area (Å²) < 4.78 is 0. The van der Waals surface area contributed by atoms with Crippen LogP contribution < -0.4 is 9.80 Å². The summed E-state index contributed by atoms with van der Waals surface area (Å²) in [7, 11) is 0. The molecule has 1 heterocycles. The molecule has 9 aliphatic rings. The molecule has 3 heteroatoms. The largest absolute Gasteiger partial charge is 0.310 e. The van der Waals surface area contributed by atoms with E-state index in [4.69, 9.17) is 4.98 Å². The van der Waals surface area contributed by atoms with Crippen molar-refractivity contribution in [2.45, 2.75) is 81.5 Å². The predicted molar refractivity (Wildman–Crippen MR) is 279 cm³/mol. The first-order chi connectivity index (χ1) is 33.1. The van der Waals surface area contributed by atoms with Crippen LogP contribution in [0.1, 0.15) is 81.8 Å². The van der Waals surface area contributed by atoms with Crippen molar-refractivity contribution in [3.05, 3.63) is 193 Å². The van der Waals surface area contributed by atoms with Crippen LogP contribution in [0.25, 0.3) is 43.1 Å². The highest BCUT2D eigenvalue weighted by Crippen LogP contribution is 2.71. The Morgan fingerprint density at radius 1 is 0.448 bits per heavy atom. The van der Waals surface area contributed by atoms with Crippen LogP contribution in [0, 0.1) is 35.5 Å². The van der Waals surface area contributed by atoms with Crippen molar-refractivity contribution in [3.8, 4) is 0 Å². The van der Waals surface area contributed by atoms with E-state index >= 15 is 0 Å². The van der Waals surface area contributed by atoms with Gasteiger partial charge in [-0.15, -0.1) is 0 Å². The van der Waals surface area contributed by atoms with E-state index in [0.717, 1.165) is 53.4 Å². The Labute approximate surface area is 394 Å². The quantitative estimate of drug-likeness (QED) is 0.142. The molecule has 0 amide bonds. The maximum atomic E-state index is 5.73. The number of allylic oxidation sites excluding steroid dienone is 5. The standard InChI is InChI=1S/C64H57N3/c1-2-5-19-49(18-4-1)66(58-24-12-16-45-14-8-10-22-52(45)58)51-26-27-54-55(34-51)62(64-38-43-29-44(39-64)33-48(64)32-43)57-40-65-60(35-56(57)61(54)63-36-41-28-42(37-63)31-47(63)30-41)67(50-20-6-3-7-21-50)59-25-13-17-46-15-9-11-23-53(46)59/h1,3-27,34-35,40-44,47-48H,2,28-33,36-39H2. The fourth-order valence-corrected chi connectivity index (χ4v) is 16.8. The molecule has 0 radical (unpaired) electrons. The van der Waals surface area contributed by atoms with Crippen LogP contribution in [0.3, 0.4) is 0 Å². The molecule has 0 saturated heterocycles. The smallest absolute Gasteiger partial charge is 0.138 e. The first-order valence-corrected chi connectivity index (χ1v) is 25.6. The zero-order valence-corrected chi connectivity index (χ0v) is 38.3. The van der Waals surface area contributed by atoms with E-state index in [1.54, 1.807) is 11.1 Å². The summed E-state index contributed by atoms with van der Waals surface area (Å²) in [6.07, 6.45) is 28.6. The fraction of sp³-hybridized carbons (Fsp3) is 0.297. The molecule has 4 unspecified atom stereocenters. The molecule has 3 nitrogen and oxygen atoms in total. The van der Waals surface area contributed by atoms with Crippen LogP contribution in [-0.2, 0) is 10.8 Å². The molecular weight excluding hydrogens is 811 g/mol. The van der Waals surface area contributed by atoms with Crippen LogP contribution in [0.5, 0.6) is 0 Å². The second-order valence-electron chi connectivity index (χ2n) is 22.1. The molecule has 0 aliphatic heterocycles. The Morgan fingerprint density at radius 2 is 1.01 bits per heavy atom. The van der Waals surface area contributed by atoms with Crippen molar-refractivity contribution in [1.29, 1.82) is 0 Å². The third-order valence-corrected chi connectivity index (χ3v) is 18.7. The molecule has 328 valence electrons. The second kappa shape index (κ2) is 14.5. The molecule has 4 atom stereocenters. The number of anilines is 5. The predicted octanol–water partition coefficient (Wildman–Crippen LogP) is 16.9. The number of aromatic nitrogens is 1. The van der Waals surface area contributed by atoms with Gasteiger partial charge in [-0.25, -0.2) is 4.98 Å². The highest BCUT2D eigenvalue weighted by atomic mass is 15.2. The zero-order valence-electron chi connectivity index (χ0n) is 38.3. The lowest BCUT2D eigenvalue weighted by atomic mass is 9.64. The van der Waals surface area contributed by atoms with Gasteiger partial charge >= 0.3 is 0 Å². The molecule has 8 aromatic rings. The van der Waals surface area contributed by atoms with Gasteiger partial charge < -0.3 is 4.90 Å². The summed E-state index contributed by atoms with van der Waals surface area (Å²) in [5, 5.41) is 11.0. The number of para-hydroxylation sites is 1. The SMILES string of the molecule is C1=CCC=CC(N(c2ccc3c(C45CC6CC(CC4C6)C5)c4cc(N(c5ccccc5)c5cccc6ccccc56)ncc4c(C45CC6CC(CC4C6)C5)c3c2)c2cccc3ccccc23)=C1. The summed E-state index contributed by atoms with van der Waals surface area (Å²) in [5.74, 6) is 5.83. The number of hydrogen-bond donors (Lipinski definition) is 0. The van der Waals surface area contributed by atoms with Crippen molar-refractivity contribution < 1.29 is 0 Å². The maximum Gasteiger partial charge on any atom is 0.138 e. The summed E-state index contributed by atoms with van der Waals surface area (Å²) in [4.78, 5) is 10.8. The molecule has 0 spiro atoms. The van der Waals surface area contributed by atoms with E-state index < -0.39 is 0 Å². The summed E-state index contributed by atoms with van der Waals surface area (Å²) in [5.41, 5.74) is 9.64. The van der Waals surface area contributed by atoms with Gasteiger partial charge in [0.2, 0.25) is 0 Å². The van der Waals surface area contributed by atoms with Gasteiger partial charge in [-0.2, -0.15) is 0 Å². The van der Waals surface area contributed by atoms with Crippen LogP contribution in [-0.4, -0.2) is 4.98 Å². The van der Waals surface area contributed by atoms with Crippen LogP contribution in [0.4, 0.5) is 28.6 Å². The molecule has 9 aliphatic carbocycles. The van der Waals surface area contributed by atoms with Crippen molar-refractivity contribution in [2.24, 2.45) is 35.5 Å². The highest BCUT2D eigenvalue weighted by Gasteiger charge is 2.61. The minimum Gasteiger partial charge on any atom is -0.310 e. The van der Waals surface area contributed by atoms with E-state index in [-0.39, 0.29) is 10.8 Å². The average Bonchev–Trinajstić information content (AvgIpc) is 3.84. The summed E-state index contributed by atoms with van der Waals surface area (Å²) >= 11 is 0. The molecule has 8 bridgehead atoms. The second-order valence-corrected chi connectivity index (χ2v) is 22.1. The molecule has 7 aromatic carbocycles. The van der Waals surface area contributed by atoms with E-state index in [0.29, 0.717) is 0 Å². The minimum absolute atomic E-state index is 0.165. The van der Waals surface area contributed by atoms with Gasteiger partial charge in [0.05, 0.1) is 11.4 Å². The highest BCUT2D eigenvalue weighted by molar-refractivity contribution is 6.10. The molecule has 8 fully saturated rings. The topological polar surface area (TPSA) is 19.4 Å². The zero-order chi connectivity index (χ0) is 43.8. The number of pyridine rings is 1. The average molecular weight is 868 g/mol. The first kappa shape index (κ1) is 38.6. The fourth-order valence-electron chi connectivity index (χ4n) is 16.8. The number of nitrogens with zero attached hydrogens (tertiary/aromatic N) is 3. The van der Waals surface area contributed by atoms with Crippen LogP contribution in [0.15, 0.2) is 182 Å². The van der Waals surface area contributed by atoms with Crippen LogP contribution in [0.2, 0.25) is 0 Å². The van der Waals surface area contributed by atoms with Gasteiger partial charge in [-0.05, 0) is 210 Å². The van der Waals surface area contributed by atoms with Gasteiger partial charge in [0.15, 0.2) is 0 Å². The Balaban J connectivity index is 1.05. The van der Waals surface area contributed by atoms with Gasteiger partial charge in [0, 0.05) is 39.4 Å². The lowest BCUT2D eigenvalue weighted by molar-refractivity contribution is 0.266. The van der Waals surface area contributed by atoms with Gasteiger partial charge in [0.25, 0.3) is 0 Å². The maximum absolute atomic E-state index is 5.73. The van der Waals surface area contributed by atoms with Crippen molar-refractivity contribution in [2.75, 3.05) is 9.80 Å². The molecule has 1 aromatic heterocycles. The van der Waals surface area contributed by atoms with E-state index in [2.05, 4.69) is 186 Å². The molecule has 0 N–H and O–H groups in total. The summed E-state index contributed by atoms with van der Waals surface area (Å²) in [6, 6.07) is 52.9. The van der Waals surface area contributed by atoms with E-state index in [1.165, 1.54) is 130 Å². The third kappa shape index (κ3) is 5.67. The van der Waals surface area contributed by atoms with Crippen LogP contribution >= 0.6 is 0 Å². The lowest BCUT2D eigenvalue weighted by Gasteiger charge is -2.40. The number of hydrogen-bond acceptors (Lipinski definition) is 3. The van der Waals surface area contributed by atoms with E-state index in [9.17, 15) is 0 Å². The Hall–Kier alpha value is -6.45. The van der Waals surface area contributed by atoms with E-state index in [1.807, 2.05) is 0 Å². The molecule has 67 heavy (non-hydrogen) atoms. The third-order valence-electron chi connectivity index (χ3n) is 18.7. The van der Waals surface area contributed by atoms with Crippen molar-refractivity contribution in [3.63, 3.8) is 0 Å². The van der Waals surface area contributed by atoms with Gasteiger partial charge in [-0.1, -0.05) is 115 Å². The van der Waals surface area contributed by atoms with Gasteiger partial charge in [0.1, 0.15) is 5.82 Å². The normalized spacial score (nSPS) is 28.6. The monoisotopic (exact) mass is 867 g/mol. The van der Waals surface area contributed by atoms with Gasteiger partial charge in [-0.3, -0.25) is 4.90 Å². The number of rotatable bonds is 8. The molecular formula is C64H57N3. The summed E-state index contributed by atoms with van der Waals surface area (Å²) in [6.45, 7) is 0. The number of benzene rings is 7. The first-order valence-electron chi connectivity index (χ1n) is 25.6. The number of fused-ring (bicyclic) bond motifs is 4.